The summed E-state index contributed by atoms with van der Waals surface area (Å²) < 4.78 is 0. The van der Waals surface area contributed by atoms with E-state index in [-0.39, 0.29) is 6.10 Å². The number of aliphatic hydroxyl groups excluding tert-OH is 1. The van der Waals surface area contributed by atoms with Crippen LogP contribution in [0.3, 0.4) is 0 Å². The maximum absolute atomic E-state index is 9.54. The molecule has 1 aliphatic carbocycles. The summed E-state index contributed by atoms with van der Waals surface area (Å²) in [5.41, 5.74) is 0. The van der Waals surface area contributed by atoms with Gasteiger partial charge in [-0.25, -0.2) is 0 Å². The molecule has 0 spiro atoms. The van der Waals surface area contributed by atoms with E-state index in [4.69, 9.17) is 0 Å². The molecule has 0 aliphatic heterocycles. The van der Waals surface area contributed by atoms with Crippen LogP contribution in [0.25, 0.3) is 0 Å². The first-order valence-electron chi connectivity index (χ1n) is 5.37. The molecule has 1 unspecified atom stereocenters. The van der Waals surface area contributed by atoms with Gasteiger partial charge < -0.3 is 5.11 Å². The molecule has 0 aromatic carbocycles. The van der Waals surface area contributed by atoms with Crippen LogP contribution in [0, 0.1) is 0 Å². The Labute approximate surface area is 81.2 Å². The first kappa shape index (κ1) is 10.5. The number of hydrogen-bond donors (Lipinski definition) is 1. The molecular formula is C12H20O. The Hall–Kier alpha value is -0.560. The highest BCUT2D eigenvalue weighted by Gasteiger charge is 2.01. The van der Waals surface area contributed by atoms with Gasteiger partial charge in [0.15, 0.2) is 0 Å². The van der Waals surface area contributed by atoms with Crippen LogP contribution in [0.15, 0.2) is 24.3 Å². The second-order valence-corrected chi connectivity index (χ2v) is 3.68. The van der Waals surface area contributed by atoms with E-state index in [1.807, 2.05) is 0 Å². The molecule has 1 N–H and O–H groups in total. The largest absolute Gasteiger partial charge is 0.393 e. The van der Waals surface area contributed by atoms with E-state index in [0.717, 1.165) is 38.5 Å². The van der Waals surface area contributed by atoms with Gasteiger partial charge in [-0.3, -0.25) is 0 Å². The van der Waals surface area contributed by atoms with Gasteiger partial charge in [0.25, 0.3) is 0 Å². The van der Waals surface area contributed by atoms with Gasteiger partial charge in [0.2, 0.25) is 0 Å². The SMILES string of the molecule is OC1CC/C=C\CC/C=C\CCC1. The summed E-state index contributed by atoms with van der Waals surface area (Å²) in [6.07, 6.45) is 16.3. The first-order chi connectivity index (χ1) is 6.39. The van der Waals surface area contributed by atoms with Gasteiger partial charge in [-0.1, -0.05) is 24.3 Å². The molecule has 1 atom stereocenters. The smallest absolute Gasteiger partial charge is 0.0543 e. The minimum Gasteiger partial charge on any atom is -0.393 e. The van der Waals surface area contributed by atoms with Crippen molar-refractivity contribution in [1.29, 1.82) is 0 Å². The second-order valence-electron chi connectivity index (χ2n) is 3.68. The lowest BCUT2D eigenvalue weighted by atomic mass is 10.1. The quantitative estimate of drug-likeness (QED) is 0.567. The van der Waals surface area contributed by atoms with Crippen molar-refractivity contribution in [2.75, 3.05) is 0 Å². The van der Waals surface area contributed by atoms with Gasteiger partial charge in [0, 0.05) is 0 Å². The topological polar surface area (TPSA) is 20.2 Å². The summed E-state index contributed by atoms with van der Waals surface area (Å²) >= 11 is 0. The van der Waals surface area contributed by atoms with Crippen LogP contribution in [-0.4, -0.2) is 11.2 Å². The Balaban J connectivity index is 2.29. The van der Waals surface area contributed by atoms with E-state index < -0.39 is 0 Å². The highest BCUT2D eigenvalue weighted by Crippen LogP contribution is 2.09. The van der Waals surface area contributed by atoms with Crippen LogP contribution in [0.4, 0.5) is 0 Å². The molecule has 1 rings (SSSR count). The summed E-state index contributed by atoms with van der Waals surface area (Å²) in [4.78, 5) is 0. The molecular weight excluding hydrogens is 160 g/mol. The lowest BCUT2D eigenvalue weighted by Crippen LogP contribution is -2.05. The molecule has 74 valence electrons. The molecule has 0 bridgehead atoms. The van der Waals surface area contributed by atoms with Gasteiger partial charge >= 0.3 is 0 Å². The van der Waals surface area contributed by atoms with Gasteiger partial charge in [-0.15, -0.1) is 0 Å². The van der Waals surface area contributed by atoms with Crippen molar-refractivity contribution in [2.24, 2.45) is 0 Å². The van der Waals surface area contributed by atoms with Crippen molar-refractivity contribution in [1.82, 2.24) is 0 Å². The summed E-state index contributed by atoms with van der Waals surface area (Å²) in [7, 11) is 0. The van der Waals surface area contributed by atoms with E-state index in [2.05, 4.69) is 24.3 Å². The number of rotatable bonds is 0. The molecule has 0 radical (unpaired) electrons. The predicted molar refractivity (Wildman–Crippen MR) is 56.6 cm³/mol. The van der Waals surface area contributed by atoms with E-state index in [9.17, 15) is 5.11 Å². The zero-order valence-electron chi connectivity index (χ0n) is 8.28. The zero-order chi connectivity index (χ0) is 9.36. The van der Waals surface area contributed by atoms with Crippen molar-refractivity contribution >= 4 is 0 Å². The fraction of sp³-hybridized carbons (Fsp3) is 0.667. The van der Waals surface area contributed by atoms with Gasteiger partial charge in [-0.05, 0) is 44.9 Å². The first-order valence-corrected chi connectivity index (χ1v) is 5.37. The number of allylic oxidation sites excluding steroid dienone is 4. The summed E-state index contributed by atoms with van der Waals surface area (Å²) in [6.45, 7) is 0. The third-order valence-corrected chi connectivity index (χ3v) is 2.41. The van der Waals surface area contributed by atoms with E-state index >= 15 is 0 Å². The number of hydrogen-bond acceptors (Lipinski definition) is 1. The maximum atomic E-state index is 9.54. The average Bonchev–Trinajstić information content (AvgIpc) is 2.11. The van der Waals surface area contributed by atoms with Crippen LogP contribution in [0.2, 0.25) is 0 Å². The Morgan fingerprint density at radius 3 is 2.15 bits per heavy atom. The molecule has 0 fully saturated rings. The summed E-state index contributed by atoms with van der Waals surface area (Å²) in [6, 6.07) is 0. The van der Waals surface area contributed by atoms with Crippen LogP contribution in [0.5, 0.6) is 0 Å². The van der Waals surface area contributed by atoms with Crippen molar-refractivity contribution in [3.05, 3.63) is 24.3 Å². The lowest BCUT2D eigenvalue weighted by Gasteiger charge is -2.07. The van der Waals surface area contributed by atoms with Crippen molar-refractivity contribution in [2.45, 2.75) is 51.0 Å². The maximum Gasteiger partial charge on any atom is 0.0543 e. The molecule has 1 nitrogen and oxygen atoms in total. The highest BCUT2D eigenvalue weighted by molar-refractivity contribution is 4.89. The molecule has 1 heteroatoms. The van der Waals surface area contributed by atoms with Crippen molar-refractivity contribution < 1.29 is 5.11 Å². The Bertz CT molecular complexity index is 170. The molecule has 1 aliphatic rings. The molecule has 0 saturated carbocycles. The van der Waals surface area contributed by atoms with Crippen LogP contribution in [-0.2, 0) is 0 Å². The fourth-order valence-electron chi connectivity index (χ4n) is 1.57. The predicted octanol–water partition coefficient (Wildman–Crippen LogP) is 3.20. The number of aliphatic hydroxyl groups is 1. The monoisotopic (exact) mass is 180 g/mol. The standard InChI is InChI=1S/C12H20O/c13-12-10-8-6-4-2-1-3-5-7-9-11-12/h2,4-5,7,12-13H,1,3,6,8-11H2/b4-2-,7-5-. The van der Waals surface area contributed by atoms with E-state index in [1.165, 1.54) is 6.42 Å². The minimum absolute atomic E-state index is 0.0857. The Kier molecular flexibility index (Phi) is 5.59. The highest BCUT2D eigenvalue weighted by atomic mass is 16.3. The van der Waals surface area contributed by atoms with Crippen molar-refractivity contribution in [3.63, 3.8) is 0 Å². The molecule has 0 aromatic rings. The summed E-state index contributed by atoms with van der Waals surface area (Å²) in [5, 5.41) is 9.54. The van der Waals surface area contributed by atoms with Crippen molar-refractivity contribution in [3.8, 4) is 0 Å². The van der Waals surface area contributed by atoms with Crippen LogP contribution >= 0.6 is 0 Å². The summed E-state index contributed by atoms with van der Waals surface area (Å²) in [5.74, 6) is 0. The molecule has 0 heterocycles. The zero-order valence-corrected chi connectivity index (χ0v) is 8.28. The van der Waals surface area contributed by atoms with Crippen LogP contribution in [0.1, 0.15) is 44.9 Å². The third kappa shape index (κ3) is 5.64. The average molecular weight is 180 g/mol. The van der Waals surface area contributed by atoms with Crippen LogP contribution < -0.4 is 0 Å². The molecule has 0 saturated heterocycles. The Morgan fingerprint density at radius 1 is 0.769 bits per heavy atom. The van der Waals surface area contributed by atoms with Gasteiger partial charge in [0.1, 0.15) is 0 Å². The second kappa shape index (κ2) is 6.90. The fourth-order valence-corrected chi connectivity index (χ4v) is 1.57. The minimum atomic E-state index is -0.0857. The van der Waals surface area contributed by atoms with Gasteiger partial charge in [0.05, 0.1) is 6.10 Å². The molecule has 0 amide bonds. The van der Waals surface area contributed by atoms with Gasteiger partial charge in [-0.2, -0.15) is 0 Å². The van der Waals surface area contributed by atoms with E-state index in [0.29, 0.717) is 0 Å². The van der Waals surface area contributed by atoms with E-state index in [1.54, 1.807) is 0 Å². The Morgan fingerprint density at radius 2 is 1.38 bits per heavy atom. The molecule has 13 heavy (non-hydrogen) atoms. The lowest BCUT2D eigenvalue weighted by molar-refractivity contribution is 0.153. The molecule has 0 aromatic heterocycles. The third-order valence-electron chi connectivity index (χ3n) is 2.41. The normalized spacial score (nSPS) is 31.3.